The van der Waals surface area contributed by atoms with Crippen molar-refractivity contribution in [2.24, 2.45) is 0 Å². The van der Waals surface area contributed by atoms with Crippen molar-refractivity contribution in [1.29, 1.82) is 5.26 Å². The quantitative estimate of drug-likeness (QED) is 0.657. The highest BCUT2D eigenvalue weighted by molar-refractivity contribution is 7.91. The number of nitrogens with zero attached hydrogens (tertiary/aromatic N) is 2. The van der Waals surface area contributed by atoms with Crippen molar-refractivity contribution >= 4 is 9.84 Å². The van der Waals surface area contributed by atoms with Gasteiger partial charge in [-0.15, -0.1) is 0 Å². The molecule has 0 saturated carbocycles. The molecular weight excluding hydrogens is 212 g/mol. The van der Waals surface area contributed by atoms with Crippen molar-refractivity contribution in [1.82, 2.24) is 4.90 Å². The third-order valence-corrected chi connectivity index (χ3v) is 5.25. The van der Waals surface area contributed by atoms with Gasteiger partial charge in [-0.2, -0.15) is 5.26 Å². The van der Waals surface area contributed by atoms with Gasteiger partial charge in [0.05, 0.1) is 17.6 Å². The van der Waals surface area contributed by atoms with Crippen LogP contribution in [0.2, 0.25) is 0 Å². The van der Waals surface area contributed by atoms with Gasteiger partial charge < -0.3 is 0 Å². The van der Waals surface area contributed by atoms with Crippen LogP contribution in [0.3, 0.4) is 0 Å². The van der Waals surface area contributed by atoms with E-state index in [0.717, 1.165) is 25.9 Å². The highest BCUT2D eigenvalue weighted by Crippen LogP contribution is 2.31. The molecule has 0 bridgehead atoms. The highest BCUT2D eigenvalue weighted by Gasteiger charge is 2.44. The van der Waals surface area contributed by atoms with Gasteiger partial charge in [0.1, 0.15) is 5.54 Å². The molecule has 0 aromatic rings. The van der Waals surface area contributed by atoms with Crippen LogP contribution in [0.1, 0.15) is 25.7 Å². The van der Waals surface area contributed by atoms with Crippen molar-refractivity contribution in [2.45, 2.75) is 31.2 Å². The Morgan fingerprint density at radius 1 is 1.20 bits per heavy atom. The lowest BCUT2D eigenvalue weighted by Gasteiger charge is -2.38. The minimum Gasteiger partial charge on any atom is -0.285 e. The Hall–Kier alpha value is -0.600. The molecule has 4 nitrogen and oxygen atoms in total. The number of sulfone groups is 1. The molecule has 84 valence electrons. The van der Waals surface area contributed by atoms with E-state index in [1.165, 1.54) is 0 Å². The zero-order valence-corrected chi connectivity index (χ0v) is 9.59. The minimum absolute atomic E-state index is 0.0382. The zero-order valence-electron chi connectivity index (χ0n) is 8.78. The van der Waals surface area contributed by atoms with Crippen LogP contribution >= 0.6 is 0 Å². The first-order valence-corrected chi connectivity index (χ1v) is 7.27. The summed E-state index contributed by atoms with van der Waals surface area (Å²) in [5, 5.41) is 9.28. The van der Waals surface area contributed by atoms with Gasteiger partial charge in [-0.05, 0) is 38.8 Å². The summed E-state index contributed by atoms with van der Waals surface area (Å²) in [5.74, 6) is 0.292. The SMILES string of the molecule is N#CC1(N2CCCC2)CCCS(=O)(=O)C1. The summed E-state index contributed by atoms with van der Waals surface area (Å²) < 4.78 is 23.2. The Kier molecular flexibility index (Phi) is 2.73. The van der Waals surface area contributed by atoms with Gasteiger partial charge in [0.25, 0.3) is 0 Å². The summed E-state index contributed by atoms with van der Waals surface area (Å²) in [6.07, 6.45) is 3.52. The van der Waals surface area contributed by atoms with Crippen LogP contribution in [0.4, 0.5) is 0 Å². The maximum Gasteiger partial charge on any atom is 0.153 e. The lowest BCUT2D eigenvalue weighted by atomic mass is 9.95. The highest BCUT2D eigenvalue weighted by atomic mass is 32.2. The van der Waals surface area contributed by atoms with Crippen LogP contribution in [0, 0.1) is 11.3 Å². The van der Waals surface area contributed by atoms with Crippen molar-refractivity contribution in [3.63, 3.8) is 0 Å². The topological polar surface area (TPSA) is 61.2 Å². The van der Waals surface area contributed by atoms with Crippen LogP contribution < -0.4 is 0 Å². The van der Waals surface area contributed by atoms with Crippen molar-refractivity contribution in [3.8, 4) is 6.07 Å². The third-order valence-electron chi connectivity index (χ3n) is 3.42. The predicted molar refractivity (Wildman–Crippen MR) is 57.0 cm³/mol. The Balaban J connectivity index is 2.25. The molecule has 0 radical (unpaired) electrons. The molecule has 2 rings (SSSR count). The third kappa shape index (κ3) is 2.01. The summed E-state index contributed by atoms with van der Waals surface area (Å²) in [6.45, 7) is 1.76. The van der Waals surface area contributed by atoms with E-state index in [1.54, 1.807) is 0 Å². The maximum atomic E-state index is 11.6. The van der Waals surface area contributed by atoms with Crippen molar-refractivity contribution < 1.29 is 8.42 Å². The smallest absolute Gasteiger partial charge is 0.153 e. The van der Waals surface area contributed by atoms with Gasteiger partial charge in [-0.1, -0.05) is 0 Å². The molecule has 2 saturated heterocycles. The number of rotatable bonds is 1. The van der Waals surface area contributed by atoms with E-state index in [2.05, 4.69) is 11.0 Å². The molecule has 0 amide bonds. The molecule has 0 N–H and O–H groups in total. The van der Waals surface area contributed by atoms with Gasteiger partial charge in [-0.3, -0.25) is 4.90 Å². The molecule has 2 fully saturated rings. The molecule has 2 heterocycles. The fourth-order valence-electron chi connectivity index (χ4n) is 2.65. The van der Waals surface area contributed by atoms with Crippen molar-refractivity contribution in [3.05, 3.63) is 0 Å². The molecule has 0 spiro atoms. The molecule has 5 heteroatoms. The van der Waals surface area contributed by atoms with Crippen LogP contribution in [-0.2, 0) is 9.84 Å². The molecule has 15 heavy (non-hydrogen) atoms. The van der Waals surface area contributed by atoms with Crippen LogP contribution in [-0.4, -0.2) is 43.5 Å². The molecule has 2 aliphatic rings. The van der Waals surface area contributed by atoms with E-state index in [4.69, 9.17) is 0 Å². The summed E-state index contributed by atoms with van der Waals surface area (Å²) in [4.78, 5) is 2.07. The molecule has 0 aliphatic carbocycles. The average molecular weight is 228 g/mol. The van der Waals surface area contributed by atoms with Gasteiger partial charge in [0.2, 0.25) is 0 Å². The fraction of sp³-hybridized carbons (Fsp3) is 0.900. The number of hydrogen-bond donors (Lipinski definition) is 0. The van der Waals surface area contributed by atoms with E-state index in [1.807, 2.05) is 0 Å². The van der Waals surface area contributed by atoms with E-state index in [0.29, 0.717) is 12.8 Å². The number of hydrogen-bond acceptors (Lipinski definition) is 4. The zero-order chi connectivity index (χ0) is 10.9. The van der Waals surface area contributed by atoms with Gasteiger partial charge in [0.15, 0.2) is 9.84 Å². The van der Waals surface area contributed by atoms with E-state index >= 15 is 0 Å². The van der Waals surface area contributed by atoms with E-state index in [9.17, 15) is 13.7 Å². The van der Waals surface area contributed by atoms with E-state index in [-0.39, 0.29) is 11.5 Å². The normalized spacial score (nSPS) is 36.2. The van der Waals surface area contributed by atoms with Gasteiger partial charge in [0, 0.05) is 0 Å². The summed E-state index contributed by atoms with van der Waals surface area (Å²) >= 11 is 0. The largest absolute Gasteiger partial charge is 0.285 e. The van der Waals surface area contributed by atoms with Crippen LogP contribution in [0.5, 0.6) is 0 Å². The van der Waals surface area contributed by atoms with Crippen molar-refractivity contribution in [2.75, 3.05) is 24.6 Å². The molecule has 0 aromatic heterocycles. The Morgan fingerprint density at radius 2 is 1.87 bits per heavy atom. The summed E-state index contributed by atoms with van der Waals surface area (Å²) in [6, 6.07) is 2.26. The molecule has 2 aliphatic heterocycles. The first-order valence-electron chi connectivity index (χ1n) is 5.45. The predicted octanol–water partition coefficient (Wildman–Crippen LogP) is 0.553. The Labute approximate surface area is 90.8 Å². The minimum atomic E-state index is -3.00. The number of nitriles is 1. The molecule has 0 aromatic carbocycles. The lowest BCUT2D eigenvalue weighted by Crippen LogP contribution is -2.53. The maximum absolute atomic E-state index is 11.6. The standard InChI is InChI=1S/C10H16N2O2S/c11-8-10(12-5-1-2-6-12)4-3-7-15(13,14)9-10/h1-7,9H2. The van der Waals surface area contributed by atoms with Gasteiger partial charge >= 0.3 is 0 Å². The van der Waals surface area contributed by atoms with Crippen LogP contribution in [0.15, 0.2) is 0 Å². The average Bonchev–Trinajstić information content (AvgIpc) is 2.69. The lowest BCUT2D eigenvalue weighted by molar-refractivity contribution is 0.177. The van der Waals surface area contributed by atoms with Crippen LogP contribution in [0.25, 0.3) is 0 Å². The second kappa shape index (κ2) is 3.76. The van der Waals surface area contributed by atoms with E-state index < -0.39 is 15.4 Å². The first kappa shape index (κ1) is 10.9. The monoisotopic (exact) mass is 228 g/mol. The number of likely N-dealkylation sites (tertiary alicyclic amines) is 1. The second-order valence-corrected chi connectivity index (χ2v) is 6.72. The molecule has 1 unspecified atom stereocenters. The first-order chi connectivity index (χ1) is 7.08. The summed E-state index contributed by atoms with van der Waals surface area (Å²) in [7, 11) is -3.00. The Morgan fingerprint density at radius 3 is 2.40 bits per heavy atom. The Bertz CT molecular complexity index is 379. The molecule has 1 atom stereocenters. The fourth-order valence-corrected chi connectivity index (χ4v) is 4.49. The summed E-state index contributed by atoms with van der Waals surface area (Å²) in [5.41, 5.74) is -0.715. The van der Waals surface area contributed by atoms with Gasteiger partial charge in [-0.25, -0.2) is 8.42 Å². The molecular formula is C10H16N2O2S. The second-order valence-electron chi connectivity index (χ2n) is 4.53.